The quantitative estimate of drug-likeness (QED) is 0.614. The van der Waals surface area contributed by atoms with Crippen LogP contribution in [0.4, 0.5) is 0 Å². The molecule has 0 aliphatic rings. The van der Waals surface area contributed by atoms with E-state index in [-0.39, 0.29) is 34.5 Å². The van der Waals surface area contributed by atoms with Gasteiger partial charge >= 0.3 is 0 Å². The fraction of sp³-hybridized carbons (Fsp3) is 0.429. The van der Waals surface area contributed by atoms with Gasteiger partial charge in [-0.05, 0) is 18.2 Å². The maximum absolute atomic E-state index is 12.0. The van der Waals surface area contributed by atoms with Crippen molar-refractivity contribution in [2.24, 2.45) is 11.8 Å². The highest BCUT2D eigenvalue weighted by Crippen LogP contribution is 2.20. The summed E-state index contributed by atoms with van der Waals surface area (Å²) >= 11 is 0. The molecule has 0 N–H and O–H groups in total. The molecular weight excluding hydrogens is 280 g/mol. The van der Waals surface area contributed by atoms with Crippen LogP contribution in [0.25, 0.3) is 0 Å². The summed E-state index contributed by atoms with van der Waals surface area (Å²) in [7, 11) is -4.72. The van der Waals surface area contributed by atoms with Crippen LogP contribution in [0.3, 0.4) is 0 Å². The molecule has 0 unspecified atom stereocenters. The van der Waals surface area contributed by atoms with Gasteiger partial charge in [-0.25, -0.2) is 8.42 Å². The molecule has 110 valence electrons. The summed E-state index contributed by atoms with van der Waals surface area (Å²) in [5, 5.41) is 0. The van der Waals surface area contributed by atoms with Crippen LogP contribution in [0, 0.1) is 11.8 Å². The standard InChI is InChI=1S/C14H18O5S/c1-8(2)13(15)10-5-11(14(16)9(3)4)7-12(6-10)20(17,18)19/h5-9H,1-4H3,(H,17,18,19)/p-1. The Morgan fingerprint density at radius 2 is 1.25 bits per heavy atom. The minimum atomic E-state index is -4.72. The van der Waals surface area contributed by atoms with Gasteiger partial charge in [0.2, 0.25) is 0 Å². The van der Waals surface area contributed by atoms with Gasteiger partial charge in [0, 0.05) is 23.0 Å². The predicted octanol–water partition coefficient (Wildman–Crippen LogP) is 2.27. The molecule has 0 saturated heterocycles. The van der Waals surface area contributed by atoms with Crippen molar-refractivity contribution in [2.75, 3.05) is 0 Å². The van der Waals surface area contributed by atoms with Crippen molar-refractivity contribution in [2.45, 2.75) is 32.6 Å². The summed E-state index contributed by atoms with van der Waals surface area (Å²) in [6.45, 7) is 6.63. The van der Waals surface area contributed by atoms with E-state index < -0.39 is 15.0 Å². The predicted molar refractivity (Wildman–Crippen MR) is 72.7 cm³/mol. The zero-order chi connectivity index (χ0) is 15.7. The highest BCUT2D eigenvalue weighted by atomic mass is 32.2. The smallest absolute Gasteiger partial charge is 0.165 e. The average molecular weight is 297 g/mol. The zero-order valence-electron chi connectivity index (χ0n) is 11.8. The summed E-state index contributed by atoms with van der Waals surface area (Å²) in [5.74, 6) is -1.34. The monoisotopic (exact) mass is 297 g/mol. The van der Waals surface area contributed by atoms with Crippen molar-refractivity contribution < 1.29 is 22.6 Å². The molecule has 0 aliphatic carbocycles. The van der Waals surface area contributed by atoms with Crippen molar-refractivity contribution in [1.82, 2.24) is 0 Å². The van der Waals surface area contributed by atoms with Gasteiger partial charge in [-0.15, -0.1) is 0 Å². The SMILES string of the molecule is CC(C)C(=O)c1cc(C(=O)C(C)C)cc(S(=O)(=O)[O-])c1. The maximum atomic E-state index is 12.0. The van der Waals surface area contributed by atoms with Crippen LogP contribution < -0.4 is 0 Å². The lowest BCUT2D eigenvalue weighted by molar-refractivity contribution is 0.0938. The third kappa shape index (κ3) is 3.74. The number of Topliss-reactive ketones (excluding diaryl/α,β-unsaturated/α-hetero) is 2. The lowest BCUT2D eigenvalue weighted by Crippen LogP contribution is -2.14. The first-order valence-corrected chi connectivity index (χ1v) is 7.64. The number of ketones is 2. The van der Waals surface area contributed by atoms with Crippen LogP contribution in [0.2, 0.25) is 0 Å². The molecule has 0 radical (unpaired) electrons. The molecule has 20 heavy (non-hydrogen) atoms. The summed E-state index contributed by atoms with van der Waals surface area (Å²) < 4.78 is 33.4. The molecule has 0 fully saturated rings. The van der Waals surface area contributed by atoms with Crippen LogP contribution in [-0.2, 0) is 10.1 Å². The minimum absolute atomic E-state index is 0.0703. The number of hydrogen-bond acceptors (Lipinski definition) is 5. The summed E-state index contributed by atoms with van der Waals surface area (Å²) in [4.78, 5) is 23.4. The highest BCUT2D eigenvalue weighted by Gasteiger charge is 2.18. The fourth-order valence-electron chi connectivity index (χ4n) is 1.69. The summed E-state index contributed by atoms with van der Waals surface area (Å²) in [5.41, 5.74) is 0.141. The summed E-state index contributed by atoms with van der Waals surface area (Å²) in [6.07, 6.45) is 0. The van der Waals surface area contributed by atoms with Crippen LogP contribution in [0.15, 0.2) is 23.1 Å². The van der Waals surface area contributed by atoms with E-state index in [1.54, 1.807) is 27.7 Å². The Morgan fingerprint density at radius 1 is 0.900 bits per heavy atom. The molecule has 0 aromatic heterocycles. The number of benzene rings is 1. The third-order valence-electron chi connectivity index (χ3n) is 2.81. The first-order valence-electron chi connectivity index (χ1n) is 6.23. The molecule has 1 aromatic carbocycles. The molecule has 0 saturated carbocycles. The van der Waals surface area contributed by atoms with Gasteiger partial charge < -0.3 is 4.55 Å². The molecule has 6 heteroatoms. The average Bonchev–Trinajstić information content (AvgIpc) is 2.34. The molecule has 0 spiro atoms. The summed E-state index contributed by atoms with van der Waals surface area (Å²) in [6, 6.07) is 3.41. The molecular formula is C14H17O5S-. The van der Waals surface area contributed by atoms with Crippen LogP contribution >= 0.6 is 0 Å². The lowest BCUT2D eigenvalue weighted by atomic mass is 9.95. The third-order valence-corrected chi connectivity index (χ3v) is 3.63. The molecule has 0 bridgehead atoms. The Morgan fingerprint density at radius 3 is 1.50 bits per heavy atom. The second-order valence-electron chi connectivity index (χ2n) is 5.24. The van der Waals surface area contributed by atoms with Gasteiger partial charge in [-0.3, -0.25) is 9.59 Å². The van der Waals surface area contributed by atoms with E-state index in [9.17, 15) is 22.6 Å². The van der Waals surface area contributed by atoms with Crippen LogP contribution in [-0.4, -0.2) is 24.5 Å². The molecule has 0 aliphatic heterocycles. The first kappa shape index (κ1) is 16.5. The zero-order valence-corrected chi connectivity index (χ0v) is 12.7. The Labute approximate surface area is 118 Å². The Bertz CT molecular complexity index is 603. The number of carbonyl (C=O) groups is 2. The van der Waals surface area contributed by atoms with Gasteiger partial charge in [0.25, 0.3) is 0 Å². The number of hydrogen-bond donors (Lipinski definition) is 0. The number of rotatable bonds is 5. The van der Waals surface area contributed by atoms with Crippen molar-refractivity contribution in [3.63, 3.8) is 0 Å². The normalized spacial score (nSPS) is 11.9. The fourth-order valence-corrected chi connectivity index (χ4v) is 2.24. The van der Waals surface area contributed by atoms with Gasteiger partial charge in [0.05, 0.1) is 4.90 Å². The van der Waals surface area contributed by atoms with Crippen molar-refractivity contribution in [1.29, 1.82) is 0 Å². The molecule has 1 rings (SSSR count). The highest BCUT2D eigenvalue weighted by molar-refractivity contribution is 7.85. The lowest BCUT2D eigenvalue weighted by Gasteiger charge is -2.13. The Hall–Kier alpha value is -1.53. The Balaban J connectivity index is 3.52. The van der Waals surface area contributed by atoms with E-state index in [0.29, 0.717) is 0 Å². The van der Waals surface area contributed by atoms with E-state index in [0.717, 1.165) is 12.1 Å². The number of carbonyl (C=O) groups excluding carboxylic acids is 2. The first-order chi connectivity index (χ1) is 9.04. The van der Waals surface area contributed by atoms with Crippen LogP contribution in [0.1, 0.15) is 48.4 Å². The molecule has 5 nitrogen and oxygen atoms in total. The maximum Gasteiger partial charge on any atom is 0.165 e. The topological polar surface area (TPSA) is 91.3 Å². The van der Waals surface area contributed by atoms with E-state index in [2.05, 4.69) is 0 Å². The van der Waals surface area contributed by atoms with Gasteiger partial charge in [-0.1, -0.05) is 27.7 Å². The van der Waals surface area contributed by atoms with E-state index >= 15 is 0 Å². The molecule has 0 amide bonds. The van der Waals surface area contributed by atoms with Crippen LogP contribution in [0.5, 0.6) is 0 Å². The van der Waals surface area contributed by atoms with Gasteiger partial charge in [0.15, 0.2) is 11.6 Å². The van der Waals surface area contributed by atoms with E-state index in [1.807, 2.05) is 0 Å². The Kier molecular flexibility index (Phi) is 4.83. The van der Waals surface area contributed by atoms with Gasteiger partial charge in [-0.2, -0.15) is 0 Å². The van der Waals surface area contributed by atoms with Crippen molar-refractivity contribution in [3.05, 3.63) is 29.3 Å². The van der Waals surface area contributed by atoms with Crippen molar-refractivity contribution >= 4 is 21.7 Å². The van der Waals surface area contributed by atoms with E-state index in [1.165, 1.54) is 6.07 Å². The molecule has 0 atom stereocenters. The van der Waals surface area contributed by atoms with Crippen molar-refractivity contribution in [3.8, 4) is 0 Å². The molecule has 0 heterocycles. The second-order valence-corrected chi connectivity index (χ2v) is 6.62. The van der Waals surface area contributed by atoms with E-state index in [4.69, 9.17) is 0 Å². The minimum Gasteiger partial charge on any atom is -0.744 e. The second kappa shape index (κ2) is 5.85. The molecule has 1 aromatic rings. The largest absolute Gasteiger partial charge is 0.744 e. The van der Waals surface area contributed by atoms with Gasteiger partial charge in [0.1, 0.15) is 10.1 Å².